The fourth-order valence-corrected chi connectivity index (χ4v) is 3.83. The summed E-state index contributed by atoms with van der Waals surface area (Å²) in [5.41, 5.74) is 1.19. The van der Waals surface area contributed by atoms with Gasteiger partial charge in [0.1, 0.15) is 11.1 Å². The van der Waals surface area contributed by atoms with E-state index >= 15 is 0 Å². The van der Waals surface area contributed by atoms with Crippen molar-refractivity contribution in [2.24, 2.45) is 5.92 Å². The second kappa shape index (κ2) is 11.3. The first-order chi connectivity index (χ1) is 15.0. The maximum atomic E-state index is 12.6. The van der Waals surface area contributed by atoms with Crippen molar-refractivity contribution in [3.05, 3.63) is 52.1 Å². The fraction of sp³-hybridized carbons (Fsp3) is 0.409. The Bertz CT molecular complexity index is 900. The number of carbonyl (C=O) groups is 2. The van der Waals surface area contributed by atoms with Crippen molar-refractivity contribution in [3.63, 3.8) is 0 Å². The minimum absolute atomic E-state index is 0.0293. The zero-order valence-electron chi connectivity index (χ0n) is 17.2. The molecule has 9 heteroatoms. The van der Waals surface area contributed by atoms with Gasteiger partial charge in [0.2, 0.25) is 11.8 Å². The molecule has 1 fully saturated rings. The minimum atomic E-state index is -0.177. The van der Waals surface area contributed by atoms with Gasteiger partial charge in [0.05, 0.1) is 11.6 Å². The number of hydrogen-bond acceptors (Lipinski definition) is 5. The first-order valence-corrected chi connectivity index (χ1v) is 10.9. The number of pyridine rings is 1. The maximum absolute atomic E-state index is 12.6. The van der Waals surface area contributed by atoms with Crippen LogP contribution in [0.2, 0.25) is 10.0 Å². The number of nitrogens with zero attached hydrogens (tertiary/aromatic N) is 1. The van der Waals surface area contributed by atoms with Gasteiger partial charge in [-0.15, -0.1) is 0 Å². The molecule has 31 heavy (non-hydrogen) atoms. The van der Waals surface area contributed by atoms with Crippen LogP contribution in [0.5, 0.6) is 5.88 Å². The van der Waals surface area contributed by atoms with Crippen LogP contribution < -0.4 is 15.4 Å². The lowest BCUT2D eigenvalue weighted by Gasteiger charge is -2.28. The van der Waals surface area contributed by atoms with E-state index in [4.69, 9.17) is 32.7 Å². The highest BCUT2D eigenvalue weighted by molar-refractivity contribution is 6.35. The highest BCUT2D eigenvalue weighted by Gasteiger charge is 2.28. The zero-order valence-corrected chi connectivity index (χ0v) is 18.7. The monoisotopic (exact) mass is 465 g/mol. The van der Waals surface area contributed by atoms with E-state index in [9.17, 15) is 9.59 Å². The Morgan fingerprint density at radius 1 is 1.13 bits per heavy atom. The molecule has 2 aromatic rings. The molecule has 0 unspecified atom stereocenters. The van der Waals surface area contributed by atoms with Gasteiger partial charge in [-0.3, -0.25) is 9.59 Å². The number of ether oxygens (including phenoxy) is 2. The smallest absolute Gasteiger partial charge is 0.251 e. The molecule has 2 N–H and O–H groups in total. The number of benzene rings is 1. The number of amides is 2. The predicted molar refractivity (Wildman–Crippen MR) is 120 cm³/mol. The molecular weight excluding hydrogens is 441 g/mol. The number of halogens is 2. The number of rotatable bonds is 8. The van der Waals surface area contributed by atoms with E-state index in [1.165, 1.54) is 6.20 Å². The largest absolute Gasteiger partial charge is 0.473 e. The Hall–Kier alpha value is -2.35. The highest BCUT2D eigenvalue weighted by Crippen LogP contribution is 2.31. The third-order valence-corrected chi connectivity index (χ3v) is 5.58. The zero-order chi connectivity index (χ0) is 22.2. The van der Waals surface area contributed by atoms with Crippen molar-refractivity contribution in [1.82, 2.24) is 10.3 Å². The average Bonchev–Trinajstić information content (AvgIpc) is 2.77. The van der Waals surface area contributed by atoms with Crippen LogP contribution >= 0.6 is 23.2 Å². The molecule has 1 saturated carbocycles. The molecule has 0 aliphatic heterocycles. The number of aromatic nitrogens is 1. The number of anilines is 1. The third kappa shape index (κ3) is 6.82. The molecule has 0 atom stereocenters. The van der Waals surface area contributed by atoms with Crippen LogP contribution in [0.15, 0.2) is 36.5 Å². The molecule has 1 aliphatic carbocycles. The van der Waals surface area contributed by atoms with Crippen LogP contribution in [0.3, 0.4) is 0 Å². The van der Waals surface area contributed by atoms with Crippen LogP contribution in [-0.4, -0.2) is 43.2 Å². The van der Waals surface area contributed by atoms with Crippen LogP contribution in [-0.2, 0) is 9.53 Å². The maximum Gasteiger partial charge on any atom is 0.251 e. The van der Waals surface area contributed by atoms with E-state index < -0.39 is 0 Å². The van der Waals surface area contributed by atoms with Crippen molar-refractivity contribution in [3.8, 4) is 5.88 Å². The first kappa shape index (κ1) is 23.3. The molecule has 1 aromatic heterocycles. The summed E-state index contributed by atoms with van der Waals surface area (Å²) < 4.78 is 10.8. The predicted octanol–water partition coefficient (Wildman–Crippen LogP) is 4.34. The molecule has 7 nitrogen and oxygen atoms in total. The molecule has 1 aromatic carbocycles. The molecule has 0 radical (unpaired) electrons. The van der Waals surface area contributed by atoms with Crippen LogP contribution in [0.4, 0.5) is 5.69 Å². The number of methoxy groups -OCH3 is 1. The molecule has 3 rings (SSSR count). The van der Waals surface area contributed by atoms with Gasteiger partial charge in [-0.1, -0.05) is 23.2 Å². The van der Waals surface area contributed by atoms with Gasteiger partial charge >= 0.3 is 0 Å². The van der Waals surface area contributed by atoms with E-state index in [0.717, 1.165) is 12.8 Å². The molecule has 2 amide bonds. The first-order valence-electron chi connectivity index (χ1n) is 10.1. The van der Waals surface area contributed by atoms with Gasteiger partial charge < -0.3 is 20.1 Å². The molecule has 1 heterocycles. The third-order valence-electron chi connectivity index (χ3n) is 5.10. The number of nitrogens with one attached hydrogen (secondary N) is 2. The summed E-state index contributed by atoms with van der Waals surface area (Å²) in [5, 5.41) is 6.52. The summed E-state index contributed by atoms with van der Waals surface area (Å²) >= 11 is 12.0. The summed E-state index contributed by atoms with van der Waals surface area (Å²) in [4.78, 5) is 28.8. The normalized spacial score (nSPS) is 18.3. The Labute approximate surface area is 191 Å². The van der Waals surface area contributed by atoms with Crippen LogP contribution in [0.1, 0.15) is 36.0 Å². The highest BCUT2D eigenvalue weighted by atomic mass is 35.5. The Kier molecular flexibility index (Phi) is 8.51. The van der Waals surface area contributed by atoms with Gasteiger partial charge in [0, 0.05) is 37.0 Å². The van der Waals surface area contributed by atoms with Gasteiger partial charge in [-0.05, 0) is 56.0 Å². The summed E-state index contributed by atoms with van der Waals surface area (Å²) in [7, 11) is 1.58. The van der Waals surface area contributed by atoms with Crippen molar-refractivity contribution in [2.75, 3.05) is 25.6 Å². The van der Waals surface area contributed by atoms with Crippen LogP contribution in [0.25, 0.3) is 0 Å². The summed E-state index contributed by atoms with van der Waals surface area (Å²) in [6.07, 6.45) is 4.35. The van der Waals surface area contributed by atoms with Crippen molar-refractivity contribution in [2.45, 2.75) is 31.8 Å². The Morgan fingerprint density at radius 2 is 1.84 bits per heavy atom. The number of carbonyl (C=O) groups excluding carboxylic acids is 2. The summed E-state index contributed by atoms with van der Waals surface area (Å²) in [6, 6.07) is 8.42. The SMILES string of the molecule is COCCNC(=O)c1ccc(NC(=O)C2CCC(Oc3ncc(Cl)cc3Cl)CC2)cc1. The van der Waals surface area contributed by atoms with Gasteiger partial charge in [-0.25, -0.2) is 4.98 Å². The molecule has 0 spiro atoms. The van der Waals surface area contributed by atoms with Gasteiger partial charge in [0.15, 0.2) is 0 Å². The van der Waals surface area contributed by atoms with E-state index in [1.54, 1.807) is 37.4 Å². The minimum Gasteiger partial charge on any atom is -0.473 e. The second-order valence-corrected chi connectivity index (χ2v) is 8.19. The molecule has 1 aliphatic rings. The van der Waals surface area contributed by atoms with Gasteiger partial charge in [-0.2, -0.15) is 0 Å². The average molecular weight is 466 g/mol. The fourth-order valence-electron chi connectivity index (χ4n) is 3.41. The van der Waals surface area contributed by atoms with Crippen molar-refractivity contribution in [1.29, 1.82) is 0 Å². The molecular formula is C22H25Cl2N3O4. The quantitative estimate of drug-likeness (QED) is 0.565. The van der Waals surface area contributed by atoms with E-state index in [-0.39, 0.29) is 23.8 Å². The lowest BCUT2D eigenvalue weighted by atomic mass is 9.86. The Balaban J connectivity index is 1.46. The van der Waals surface area contributed by atoms with Crippen molar-refractivity contribution < 1.29 is 19.1 Å². The molecule has 0 saturated heterocycles. The summed E-state index contributed by atoms with van der Waals surface area (Å²) in [5.74, 6) is 0.0674. The topological polar surface area (TPSA) is 89.6 Å². The van der Waals surface area contributed by atoms with E-state index in [1.807, 2.05) is 0 Å². The van der Waals surface area contributed by atoms with Crippen molar-refractivity contribution >= 4 is 40.7 Å². The molecule has 0 bridgehead atoms. The van der Waals surface area contributed by atoms with Gasteiger partial charge in [0.25, 0.3) is 5.91 Å². The van der Waals surface area contributed by atoms with E-state index in [0.29, 0.717) is 53.2 Å². The second-order valence-electron chi connectivity index (χ2n) is 7.35. The number of hydrogen-bond donors (Lipinski definition) is 2. The van der Waals surface area contributed by atoms with E-state index in [2.05, 4.69) is 15.6 Å². The lowest BCUT2D eigenvalue weighted by Crippen LogP contribution is -2.31. The summed E-state index contributed by atoms with van der Waals surface area (Å²) in [6.45, 7) is 0.900. The lowest BCUT2D eigenvalue weighted by molar-refractivity contribution is -0.121. The Morgan fingerprint density at radius 3 is 2.48 bits per heavy atom. The standard InChI is InChI=1S/C22H25Cl2N3O4/c1-30-11-10-25-20(28)14-2-6-17(7-3-14)27-21(29)15-4-8-18(9-5-15)31-22-19(24)12-16(23)13-26-22/h2-3,6-7,12-13,15,18H,4-5,8-11H2,1H3,(H,25,28)(H,27,29). The molecule has 166 valence electrons. The van der Waals surface area contributed by atoms with Crippen LogP contribution in [0, 0.1) is 5.92 Å².